The van der Waals surface area contributed by atoms with Gasteiger partial charge in [-0.1, -0.05) is 12.1 Å². The molecule has 0 saturated heterocycles. The smallest absolute Gasteiger partial charge is 0.289 e. The first-order valence-electron chi connectivity index (χ1n) is 5.73. The second-order valence-electron chi connectivity index (χ2n) is 4.52. The Morgan fingerprint density at radius 2 is 1.22 bits per heavy atom. The number of alkyl halides is 9. The maximum atomic E-state index is 13.0. The predicted molar refractivity (Wildman–Crippen MR) is 59.1 cm³/mol. The minimum atomic E-state index is -5.74. The van der Waals surface area contributed by atoms with E-state index in [1.54, 1.807) is 0 Å². The maximum Gasteiger partial charge on any atom is 0.417 e. The molecule has 0 amide bonds. The zero-order valence-corrected chi connectivity index (χ0v) is 10.6. The molecular formula is C13H4F9O. The minimum absolute atomic E-state index is 0.192. The quantitative estimate of drug-likeness (QED) is 0.518. The Labute approximate surface area is 121 Å². The van der Waals surface area contributed by atoms with Gasteiger partial charge in [-0.2, -0.15) is 39.5 Å². The van der Waals surface area contributed by atoms with E-state index >= 15 is 0 Å². The van der Waals surface area contributed by atoms with Gasteiger partial charge in [0, 0.05) is 10.8 Å². The summed E-state index contributed by atoms with van der Waals surface area (Å²) in [6.07, 6.45) is -16.7. The monoisotopic (exact) mass is 347 g/mol. The molecule has 10 heteroatoms. The van der Waals surface area contributed by atoms with Gasteiger partial charge in [0.2, 0.25) is 0 Å². The number of rotatable bonds is 0. The van der Waals surface area contributed by atoms with E-state index < -0.39 is 51.7 Å². The summed E-state index contributed by atoms with van der Waals surface area (Å²) in [5.41, 5.74) is -6.92. The van der Waals surface area contributed by atoms with Crippen LogP contribution in [0.15, 0.2) is 24.3 Å². The highest BCUT2D eigenvalue weighted by Crippen LogP contribution is 2.49. The first kappa shape index (κ1) is 17.2. The van der Waals surface area contributed by atoms with E-state index in [9.17, 15) is 44.6 Å². The van der Waals surface area contributed by atoms with Crippen molar-refractivity contribution in [1.82, 2.24) is 0 Å². The molecule has 0 unspecified atom stereocenters. The Morgan fingerprint density at radius 1 is 0.696 bits per heavy atom. The Kier molecular flexibility index (Phi) is 3.70. The van der Waals surface area contributed by atoms with Gasteiger partial charge < -0.3 is 0 Å². The predicted octanol–water partition coefficient (Wildman–Crippen LogP) is 6.04. The van der Waals surface area contributed by atoms with Crippen LogP contribution in [0.5, 0.6) is 5.75 Å². The zero-order valence-electron chi connectivity index (χ0n) is 10.6. The summed E-state index contributed by atoms with van der Waals surface area (Å²) < 4.78 is 116. The normalized spacial score (nSPS) is 13.6. The zero-order chi connectivity index (χ0) is 17.8. The Balaban J connectivity index is 3.14. The van der Waals surface area contributed by atoms with Crippen LogP contribution in [0.3, 0.4) is 0 Å². The molecular weight excluding hydrogens is 343 g/mol. The second-order valence-corrected chi connectivity index (χ2v) is 4.52. The molecule has 0 fully saturated rings. The summed E-state index contributed by atoms with van der Waals surface area (Å²) in [5, 5.41) is 8.69. The molecule has 2 aromatic carbocycles. The molecule has 0 aliphatic carbocycles. The van der Waals surface area contributed by atoms with Crippen LogP contribution in [0, 0.1) is 0 Å². The number of hydrogen-bond donors (Lipinski definition) is 0. The van der Waals surface area contributed by atoms with Gasteiger partial charge in [0.1, 0.15) is 0 Å². The summed E-state index contributed by atoms with van der Waals surface area (Å²) >= 11 is 0. The van der Waals surface area contributed by atoms with Crippen molar-refractivity contribution < 1.29 is 44.6 Å². The average molecular weight is 347 g/mol. The van der Waals surface area contributed by atoms with Crippen LogP contribution in [-0.2, 0) is 23.6 Å². The molecule has 0 bridgehead atoms. The highest BCUT2D eigenvalue weighted by Gasteiger charge is 2.47. The Bertz CT molecular complexity index is 753. The number of halogens is 9. The minimum Gasteiger partial charge on any atom is -0.289 e. The van der Waals surface area contributed by atoms with Gasteiger partial charge in [-0.3, -0.25) is 5.11 Å². The standard InChI is InChI=1S/C13H4F9O/c14-11(15,16)6-3-1-2-5-8(23)4-7(12(17,18)19)10(9(5)6)13(20,21)22/h1-4H. The van der Waals surface area contributed by atoms with Crippen molar-refractivity contribution in [2.75, 3.05) is 0 Å². The summed E-state index contributed by atoms with van der Waals surface area (Å²) in [6.45, 7) is 0. The lowest BCUT2D eigenvalue weighted by Gasteiger charge is -2.20. The van der Waals surface area contributed by atoms with Crippen molar-refractivity contribution in [2.45, 2.75) is 18.5 Å². The number of fused-ring (bicyclic) bond motifs is 1. The van der Waals surface area contributed by atoms with Gasteiger partial charge in [-0.25, -0.2) is 0 Å². The van der Waals surface area contributed by atoms with E-state index in [1.807, 2.05) is 0 Å². The molecule has 1 radical (unpaired) electrons. The lowest BCUT2D eigenvalue weighted by Crippen LogP contribution is -2.19. The molecule has 2 rings (SSSR count). The van der Waals surface area contributed by atoms with E-state index in [-0.39, 0.29) is 12.1 Å². The first-order valence-corrected chi connectivity index (χ1v) is 5.73. The SMILES string of the molecule is [O]c1cc(C(F)(F)F)c(C(F)(F)F)c2c(C(F)(F)F)cccc12. The average Bonchev–Trinajstić information content (AvgIpc) is 2.34. The van der Waals surface area contributed by atoms with E-state index in [2.05, 4.69) is 0 Å². The molecule has 0 saturated carbocycles. The van der Waals surface area contributed by atoms with Crippen molar-refractivity contribution in [3.63, 3.8) is 0 Å². The van der Waals surface area contributed by atoms with Gasteiger partial charge in [0.05, 0.1) is 16.7 Å². The molecule has 125 valence electrons. The summed E-state index contributed by atoms with van der Waals surface area (Å²) in [5.74, 6) is -1.58. The van der Waals surface area contributed by atoms with Crippen LogP contribution in [0.4, 0.5) is 39.5 Å². The van der Waals surface area contributed by atoms with Crippen LogP contribution < -0.4 is 0 Å². The van der Waals surface area contributed by atoms with Crippen molar-refractivity contribution in [3.05, 3.63) is 41.0 Å². The van der Waals surface area contributed by atoms with Gasteiger partial charge in [0.15, 0.2) is 5.75 Å². The Morgan fingerprint density at radius 3 is 1.65 bits per heavy atom. The molecule has 0 spiro atoms. The molecule has 0 atom stereocenters. The van der Waals surface area contributed by atoms with Crippen LogP contribution >= 0.6 is 0 Å². The fourth-order valence-corrected chi connectivity index (χ4v) is 2.20. The van der Waals surface area contributed by atoms with Crippen LogP contribution in [0.25, 0.3) is 10.8 Å². The Hall–Kier alpha value is -2.13. The summed E-state index contributed by atoms with van der Waals surface area (Å²) in [6, 6.07) is 1.12. The van der Waals surface area contributed by atoms with Crippen LogP contribution in [0.2, 0.25) is 0 Å². The molecule has 0 aromatic heterocycles. The van der Waals surface area contributed by atoms with Crippen molar-refractivity contribution in [3.8, 4) is 5.75 Å². The maximum absolute atomic E-state index is 13.0. The molecule has 0 aliphatic rings. The van der Waals surface area contributed by atoms with Crippen LogP contribution in [0.1, 0.15) is 16.7 Å². The van der Waals surface area contributed by atoms with Gasteiger partial charge in [-0.05, 0) is 12.1 Å². The molecule has 2 aromatic rings. The number of hydrogen-bond acceptors (Lipinski definition) is 0. The highest BCUT2D eigenvalue weighted by atomic mass is 19.4. The van der Waals surface area contributed by atoms with E-state index in [0.717, 1.165) is 0 Å². The van der Waals surface area contributed by atoms with Gasteiger partial charge in [0.25, 0.3) is 0 Å². The highest BCUT2D eigenvalue weighted by molar-refractivity contribution is 5.95. The molecule has 0 aliphatic heterocycles. The van der Waals surface area contributed by atoms with Gasteiger partial charge in [-0.15, -0.1) is 0 Å². The van der Waals surface area contributed by atoms with E-state index in [1.165, 1.54) is 0 Å². The van der Waals surface area contributed by atoms with Crippen LogP contribution in [-0.4, -0.2) is 0 Å². The van der Waals surface area contributed by atoms with Crippen molar-refractivity contribution >= 4 is 10.8 Å². The summed E-state index contributed by atoms with van der Waals surface area (Å²) in [7, 11) is 0. The fourth-order valence-electron chi connectivity index (χ4n) is 2.20. The lowest BCUT2D eigenvalue weighted by molar-refractivity contribution is -0.161. The topological polar surface area (TPSA) is 19.9 Å². The third kappa shape index (κ3) is 3.02. The molecule has 0 N–H and O–H groups in total. The molecule has 1 nitrogen and oxygen atoms in total. The summed E-state index contributed by atoms with van der Waals surface area (Å²) in [4.78, 5) is 0. The lowest BCUT2D eigenvalue weighted by atomic mass is 9.93. The molecule has 0 heterocycles. The first-order chi connectivity index (χ1) is 10.2. The molecule has 23 heavy (non-hydrogen) atoms. The van der Waals surface area contributed by atoms with Crippen molar-refractivity contribution in [1.29, 1.82) is 0 Å². The fraction of sp³-hybridized carbons (Fsp3) is 0.231. The van der Waals surface area contributed by atoms with Crippen molar-refractivity contribution in [2.24, 2.45) is 0 Å². The van der Waals surface area contributed by atoms with Gasteiger partial charge >= 0.3 is 18.5 Å². The third-order valence-corrected chi connectivity index (χ3v) is 3.02. The third-order valence-electron chi connectivity index (χ3n) is 3.02. The second kappa shape index (κ2) is 4.93. The van der Waals surface area contributed by atoms with E-state index in [4.69, 9.17) is 0 Å². The van der Waals surface area contributed by atoms with E-state index in [0.29, 0.717) is 12.1 Å². The number of benzene rings is 2. The largest absolute Gasteiger partial charge is 0.417 e.